The summed E-state index contributed by atoms with van der Waals surface area (Å²) in [4.78, 5) is 15.3. The number of benzene rings is 2. The van der Waals surface area contributed by atoms with Gasteiger partial charge in [-0.1, -0.05) is 12.1 Å². The van der Waals surface area contributed by atoms with E-state index in [-0.39, 0.29) is 17.5 Å². The van der Waals surface area contributed by atoms with E-state index in [4.69, 9.17) is 4.42 Å². The molecule has 25 heavy (non-hydrogen) atoms. The molecule has 0 saturated heterocycles. The molecular formula is C19H12BrFN2O2. The number of amides is 1. The monoisotopic (exact) mass is 398 g/mol. The fraction of sp³-hybridized carbons (Fsp3) is 0. The Hall–Kier alpha value is -2.86. The number of fused-ring (bicyclic) bond motifs is 1. The lowest BCUT2D eigenvalue weighted by Crippen LogP contribution is -2.10. The number of furan rings is 1. The largest absolute Gasteiger partial charge is 0.444 e. The number of hydrogen-bond acceptors (Lipinski definition) is 2. The van der Waals surface area contributed by atoms with Gasteiger partial charge in [-0.25, -0.2) is 4.39 Å². The first-order valence-electron chi connectivity index (χ1n) is 7.54. The molecule has 4 nitrogen and oxygen atoms in total. The van der Waals surface area contributed by atoms with Crippen LogP contribution in [0.3, 0.4) is 0 Å². The van der Waals surface area contributed by atoms with Crippen LogP contribution in [-0.4, -0.2) is 10.9 Å². The number of nitrogens with one attached hydrogen (secondary N) is 2. The quantitative estimate of drug-likeness (QED) is 0.473. The zero-order chi connectivity index (χ0) is 17.4. The standard InChI is InChI=1S/C19H12BrFN2O2/c20-18-8-7-17(25-18)19(24)22-14-4-1-11(2-5-14)16-10-12-9-13(21)3-6-15(12)23-16/h1-10,23H,(H,22,24). The molecule has 0 aliphatic heterocycles. The molecule has 0 radical (unpaired) electrons. The lowest BCUT2D eigenvalue weighted by Gasteiger charge is -2.04. The van der Waals surface area contributed by atoms with Crippen molar-refractivity contribution in [2.24, 2.45) is 0 Å². The van der Waals surface area contributed by atoms with Gasteiger partial charge >= 0.3 is 0 Å². The topological polar surface area (TPSA) is 58.0 Å². The molecule has 1 amide bonds. The highest BCUT2D eigenvalue weighted by Gasteiger charge is 2.11. The molecule has 0 aliphatic rings. The smallest absolute Gasteiger partial charge is 0.291 e. The SMILES string of the molecule is O=C(Nc1ccc(-c2cc3cc(F)ccc3[nH]2)cc1)c1ccc(Br)o1. The maximum absolute atomic E-state index is 13.3. The van der Waals surface area contributed by atoms with Gasteiger partial charge in [0.15, 0.2) is 10.4 Å². The van der Waals surface area contributed by atoms with Crippen molar-refractivity contribution >= 4 is 38.4 Å². The summed E-state index contributed by atoms with van der Waals surface area (Å²) in [6.07, 6.45) is 0. The average Bonchev–Trinajstić information content (AvgIpc) is 3.21. The fourth-order valence-corrected chi connectivity index (χ4v) is 2.93. The Kier molecular flexibility index (Phi) is 3.89. The maximum atomic E-state index is 13.3. The Morgan fingerprint density at radius 1 is 1.04 bits per heavy atom. The van der Waals surface area contributed by atoms with Gasteiger partial charge in [-0.15, -0.1) is 0 Å². The van der Waals surface area contributed by atoms with Crippen LogP contribution in [0.25, 0.3) is 22.2 Å². The zero-order valence-corrected chi connectivity index (χ0v) is 14.4. The molecule has 4 rings (SSSR count). The van der Waals surface area contributed by atoms with Crippen LogP contribution >= 0.6 is 15.9 Å². The van der Waals surface area contributed by atoms with Gasteiger partial charge in [0, 0.05) is 22.3 Å². The summed E-state index contributed by atoms with van der Waals surface area (Å²) in [6.45, 7) is 0. The van der Waals surface area contributed by atoms with E-state index >= 15 is 0 Å². The van der Waals surface area contributed by atoms with Crippen LogP contribution in [0, 0.1) is 5.82 Å². The highest BCUT2D eigenvalue weighted by atomic mass is 79.9. The number of aromatic amines is 1. The van der Waals surface area contributed by atoms with E-state index in [2.05, 4.69) is 26.2 Å². The maximum Gasteiger partial charge on any atom is 0.291 e. The molecule has 2 N–H and O–H groups in total. The third kappa shape index (κ3) is 3.21. The number of carbonyl (C=O) groups excluding carboxylic acids is 1. The summed E-state index contributed by atoms with van der Waals surface area (Å²) in [6, 6.07) is 17.2. The molecule has 0 fully saturated rings. The second-order valence-electron chi connectivity index (χ2n) is 5.55. The van der Waals surface area contributed by atoms with Gasteiger partial charge in [-0.2, -0.15) is 0 Å². The third-order valence-electron chi connectivity index (χ3n) is 3.83. The van der Waals surface area contributed by atoms with Crippen LogP contribution in [0.4, 0.5) is 10.1 Å². The van der Waals surface area contributed by atoms with Crippen molar-refractivity contribution in [3.63, 3.8) is 0 Å². The van der Waals surface area contributed by atoms with Crippen LogP contribution in [-0.2, 0) is 0 Å². The van der Waals surface area contributed by atoms with Gasteiger partial charge in [-0.3, -0.25) is 4.79 Å². The molecule has 0 bridgehead atoms. The van der Waals surface area contributed by atoms with Crippen LogP contribution in [0.15, 0.2) is 69.8 Å². The van der Waals surface area contributed by atoms with Gasteiger partial charge in [0.1, 0.15) is 5.82 Å². The first-order chi connectivity index (χ1) is 12.1. The summed E-state index contributed by atoms with van der Waals surface area (Å²) >= 11 is 3.17. The fourth-order valence-electron chi connectivity index (χ4n) is 2.62. The predicted octanol–water partition coefficient (Wildman–Crippen LogP) is 5.58. The predicted molar refractivity (Wildman–Crippen MR) is 98.1 cm³/mol. The van der Waals surface area contributed by atoms with Gasteiger partial charge in [0.05, 0.1) is 0 Å². The highest BCUT2D eigenvalue weighted by Crippen LogP contribution is 2.26. The summed E-state index contributed by atoms with van der Waals surface area (Å²) in [7, 11) is 0. The summed E-state index contributed by atoms with van der Waals surface area (Å²) < 4.78 is 19.0. The van der Waals surface area contributed by atoms with E-state index in [0.717, 1.165) is 22.2 Å². The van der Waals surface area contributed by atoms with Crippen molar-refractivity contribution in [3.05, 3.63) is 76.9 Å². The number of carbonyl (C=O) groups is 1. The molecule has 4 aromatic rings. The van der Waals surface area contributed by atoms with Gasteiger partial charge < -0.3 is 14.7 Å². The van der Waals surface area contributed by atoms with Crippen molar-refractivity contribution < 1.29 is 13.6 Å². The number of H-pyrrole nitrogens is 1. The van der Waals surface area contributed by atoms with Gasteiger partial charge in [-0.05, 0) is 70.0 Å². The Morgan fingerprint density at radius 3 is 2.56 bits per heavy atom. The molecule has 2 aromatic carbocycles. The number of halogens is 2. The summed E-state index contributed by atoms with van der Waals surface area (Å²) in [5.41, 5.74) is 3.35. The molecule has 2 heterocycles. The minimum Gasteiger partial charge on any atom is -0.444 e. The molecule has 0 unspecified atom stereocenters. The second kappa shape index (κ2) is 6.22. The van der Waals surface area contributed by atoms with E-state index in [9.17, 15) is 9.18 Å². The minimum atomic E-state index is -0.320. The zero-order valence-electron chi connectivity index (χ0n) is 12.8. The van der Waals surface area contributed by atoms with E-state index < -0.39 is 0 Å². The lowest BCUT2D eigenvalue weighted by atomic mass is 10.1. The number of aromatic nitrogens is 1. The molecule has 6 heteroatoms. The normalized spacial score (nSPS) is 11.0. The number of rotatable bonds is 3. The van der Waals surface area contributed by atoms with Crippen molar-refractivity contribution in [1.82, 2.24) is 4.98 Å². The molecule has 124 valence electrons. The molecular weight excluding hydrogens is 387 g/mol. The Labute approximate surface area is 150 Å². The molecule has 0 aliphatic carbocycles. The van der Waals surface area contributed by atoms with Gasteiger partial charge in [0.25, 0.3) is 5.91 Å². The third-order valence-corrected chi connectivity index (χ3v) is 4.26. The molecule has 2 aromatic heterocycles. The lowest BCUT2D eigenvalue weighted by molar-refractivity contribution is 0.0995. The van der Waals surface area contributed by atoms with E-state index in [1.807, 2.05) is 18.2 Å². The second-order valence-corrected chi connectivity index (χ2v) is 6.33. The van der Waals surface area contributed by atoms with Crippen LogP contribution in [0.1, 0.15) is 10.6 Å². The van der Waals surface area contributed by atoms with E-state index in [0.29, 0.717) is 10.4 Å². The Morgan fingerprint density at radius 2 is 1.84 bits per heavy atom. The van der Waals surface area contributed by atoms with E-state index in [1.54, 1.807) is 30.3 Å². The van der Waals surface area contributed by atoms with Crippen molar-refractivity contribution in [2.45, 2.75) is 0 Å². The molecule has 0 saturated carbocycles. The van der Waals surface area contributed by atoms with Gasteiger partial charge in [0.2, 0.25) is 0 Å². The van der Waals surface area contributed by atoms with Crippen molar-refractivity contribution in [3.8, 4) is 11.3 Å². The average molecular weight is 399 g/mol. The van der Waals surface area contributed by atoms with Crippen molar-refractivity contribution in [1.29, 1.82) is 0 Å². The number of anilines is 1. The highest BCUT2D eigenvalue weighted by molar-refractivity contribution is 9.10. The minimum absolute atomic E-state index is 0.230. The Balaban J connectivity index is 1.55. The van der Waals surface area contributed by atoms with Crippen LogP contribution in [0.2, 0.25) is 0 Å². The van der Waals surface area contributed by atoms with Crippen LogP contribution in [0.5, 0.6) is 0 Å². The Bertz CT molecular complexity index is 1070. The first-order valence-corrected chi connectivity index (χ1v) is 8.33. The molecule has 0 spiro atoms. The van der Waals surface area contributed by atoms with Crippen molar-refractivity contribution in [2.75, 3.05) is 5.32 Å². The summed E-state index contributed by atoms with van der Waals surface area (Å²) in [5, 5.41) is 3.59. The van der Waals surface area contributed by atoms with Crippen LogP contribution < -0.4 is 5.32 Å². The molecule has 0 atom stereocenters. The first kappa shape index (κ1) is 15.7. The summed E-state index contributed by atoms with van der Waals surface area (Å²) in [5.74, 6) is -0.353. The van der Waals surface area contributed by atoms with E-state index in [1.165, 1.54) is 12.1 Å². The number of hydrogen-bond donors (Lipinski definition) is 2.